The van der Waals surface area contributed by atoms with Gasteiger partial charge in [0.15, 0.2) is 5.82 Å². The van der Waals surface area contributed by atoms with E-state index in [0.717, 1.165) is 37.1 Å². The number of anilines is 1. The van der Waals surface area contributed by atoms with E-state index in [1.54, 1.807) is 36.9 Å². The lowest BCUT2D eigenvalue weighted by molar-refractivity contribution is -0.111. The van der Waals surface area contributed by atoms with Gasteiger partial charge in [-0.25, -0.2) is 4.98 Å². The van der Waals surface area contributed by atoms with Gasteiger partial charge in [-0.1, -0.05) is 29.8 Å². The maximum atomic E-state index is 12.3. The molecule has 158 valence electrons. The van der Waals surface area contributed by atoms with Crippen molar-refractivity contribution in [2.75, 3.05) is 18.4 Å². The third-order valence-corrected chi connectivity index (χ3v) is 5.20. The number of likely N-dealkylation sites (tertiary alicyclic amines) is 1. The fourth-order valence-electron chi connectivity index (χ4n) is 3.41. The fourth-order valence-corrected chi connectivity index (χ4v) is 3.62. The normalized spacial score (nSPS) is 13.6. The summed E-state index contributed by atoms with van der Waals surface area (Å²) in [6.07, 6.45) is 10.1. The third-order valence-electron chi connectivity index (χ3n) is 4.96. The van der Waals surface area contributed by atoms with E-state index < -0.39 is 0 Å². The number of carbonyl (C=O) groups excluding carboxylic acids is 2. The number of benzene rings is 1. The molecule has 7 nitrogen and oxygen atoms in total. The molecule has 0 saturated carbocycles. The highest BCUT2D eigenvalue weighted by Crippen LogP contribution is 2.14. The smallest absolute Gasteiger partial charge is 0.272 e. The molecule has 4 rings (SSSR count). The molecule has 2 amide bonds. The van der Waals surface area contributed by atoms with E-state index in [2.05, 4.69) is 15.3 Å². The molecule has 1 aliphatic rings. The summed E-state index contributed by atoms with van der Waals surface area (Å²) >= 11 is 6.01. The number of rotatable bonds is 6. The number of halogens is 1. The first-order valence-corrected chi connectivity index (χ1v) is 10.5. The molecule has 0 radical (unpaired) electrons. The predicted molar refractivity (Wildman–Crippen MR) is 120 cm³/mol. The monoisotopic (exact) mass is 435 g/mol. The van der Waals surface area contributed by atoms with E-state index in [1.165, 1.54) is 6.08 Å². The lowest BCUT2D eigenvalue weighted by atomic mass is 10.2. The molecule has 31 heavy (non-hydrogen) atoms. The number of aromatic nitrogens is 3. The highest BCUT2D eigenvalue weighted by atomic mass is 35.5. The Kier molecular flexibility index (Phi) is 6.43. The zero-order valence-electron chi connectivity index (χ0n) is 16.9. The molecule has 0 unspecified atom stereocenters. The van der Waals surface area contributed by atoms with Crippen LogP contribution in [0, 0.1) is 0 Å². The van der Waals surface area contributed by atoms with E-state index in [9.17, 15) is 9.59 Å². The lowest BCUT2D eigenvalue weighted by Gasteiger charge is -2.14. The van der Waals surface area contributed by atoms with Gasteiger partial charge >= 0.3 is 0 Å². The summed E-state index contributed by atoms with van der Waals surface area (Å²) in [7, 11) is 0. The summed E-state index contributed by atoms with van der Waals surface area (Å²) in [5, 5.41) is 3.41. The van der Waals surface area contributed by atoms with Gasteiger partial charge in [-0.15, -0.1) is 0 Å². The largest absolute Gasteiger partial charge is 0.337 e. The summed E-state index contributed by atoms with van der Waals surface area (Å²) in [5.74, 6) is 0.116. The van der Waals surface area contributed by atoms with Gasteiger partial charge in [0.05, 0.1) is 6.33 Å². The molecule has 0 bridgehead atoms. The molecule has 0 atom stereocenters. The van der Waals surface area contributed by atoms with E-state index in [4.69, 9.17) is 11.6 Å². The number of pyridine rings is 1. The molecule has 1 fully saturated rings. The standard InChI is InChI=1S/C23H22ClN5O2/c24-19-5-3-4-18(12-19)14-28-15-21(26-16-28)27-22(30)9-7-17-6-8-20(25-13-17)23(31)29-10-1-2-11-29/h3-9,12-13,15-16H,1-2,10-11,14H2,(H,27,30)/b9-7+. The van der Waals surface area contributed by atoms with Gasteiger partial charge in [0.2, 0.25) is 5.91 Å². The molecule has 3 heterocycles. The quantitative estimate of drug-likeness (QED) is 0.596. The molecule has 0 aliphatic carbocycles. The van der Waals surface area contributed by atoms with Crippen molar-refractivity contribution < 1.29 is 9.59 Å². The SMILES string of the molecule is O=C(/C=C/c1ccc(C(=O)N2CCCC2)nc1)Nc1cn(Cc2cccc(Cl)c2)cn1. The van der Waals surface area contributed by atoms with Crippen LogP contribution in [0.2, 0.25) is 5.02 Å². The molecule has 1 aliphatic heterocycles. The summed E-state index contributed by atoms with van der Waals surface area (Å²) in [6.45, 7) is 2.18. The number of nitrogens with zero attached hydrogens (tertiary/aromatic N) is 4. The van der Waals surface area contributed by atoms with Gasteiger partial charge in [-0.2, -0.15) is 0 Å². The summed E-state index contributed by atoms with van der Waals surface area (Å²) in [4.78, 5) is 34.8. The summed E-state index contributed by atoms with van der Waals surface area (Å²) in [5.41, 5.74) is 2.20. The zero-order valence-corrected chi connectivity index (χ0v) is 17.6. The Morgan fingerprint density at radius 2 is 1.97 bits per heavy atom. The summed E-state index contributed by atoms with van der Waals surface area (Å²) < 4.78 is 1.87. The Morgan fingerprint density at radius 1 is 1.13 bits per heavy atom. The first-order valence-electron chi connectivity index (χ1n) is 10.1. The minimum Gasteiger partial charge on any atom is -0.337 e. The van der Waals surface area contributed by atoms with Gasteiger partial charge < -0.3 is 14.8 Å². The minimum absolute atomic E-state index is 0.0425. The number of carbonyl (C=O) groups is 2. The Hall–Kier alpha value is -3.45. The van der Waals surface area contributed by atoms with Crippen molar-refractivity contribution in [1.82, 2.24) is 19.4 Å². The summed E-state index contributed by atoms with van der Waals surface area (Å²) in [6, 6.07) is 11.1. The Balaban J connectivity index is 1.31. The number of imidazole rings is 1. The fraction of sp³-hybridized carbons (Fsp3) is 0.217. The van der Waals surface area contributed by atoms with Crippen molar-refractivity contribution in [2.24, 2.45) is 0 Å². The van der Waals surface area contributed by atoms with Crippen molar-refractivity contribution in [3.05, 3.63) is 83.0 Å². The van der Waals surface area contributed by atoms with Crippen LogP contribution in [0.15, 0.2) is 61.2 Å². The van der Waals surface area contributed by atoms with Crippen LogP contribution in [0.3, 0.4) is 0 Å². The third kappa shape index (κ3) is 5.58. The molecule has 2 aromatic heterocycles. The topological polar surface area (TPSA) is 80.1 Å². The molecule has 3 aromatic rings. The van der Waals surface area contributed by atoms with Gasteiger partial charge in [0.25, 0.3) is 5.91 Å². The average molecular weight is 436 g/mol. The molecular formula is C23H22ClN5O2. The maximum absolute atomic E-state index is 12.3. The van der Waals surface area contributed by atoms with Gasteiger partial charge in [0, 0.05) is 43.1 Å². The van der Waals surface area contributed by atoms with Gasteiger partial charge in [-0.05, 0) is 48.2 Å². The second-order valence-electron chi connectivity index (χ2n) is 7.36. The molecule has 1 N–H and O–H groups in total. The first-order chi connectivity index (χ1) is 15.1. The van der Waals surface area contributed by atoms with E-state index in [0.29, 0.717) is 23.1 Å². The van der Waals surface area contributed by atoms with Crippen molar-refractivity contribution in [3.8, 4) is 0 Å². The molecule has 0 spiro atoms. The first kappa shape index (κ1) is 20.8. The number of hydrogen-bond donors (Lipinski definition) is 1. The zero-order chi connectivity index (χ0) is 21.6. The second kappa shape index (κ2) is 9.57. The lowest BCUT2D eigenvalue weighted by Crippen LogP contribution is -2.28. The van der Waals surface area contributed by atoms with Crippen molar-refractivity contribution >= 4 is 35.3 Å². The van der Waals surface area contributed by atoms with Crippen LogP contribution in [-0.2, 0) is 11.3 Å². The van der Waals surface area contributed by atoms with Crippen molar-refractivity contribution in [2.45, 2.75) is 19.4 Å². The van der Waals surface area contributed by atoms with Crippen LogP contribution in [0.5, 0.6) is 0 Å². The maximum Gasteiger partial charge on any atom is 0.272 e. The molecule has 1 saturated heterocycles. The highest BCUT2D eigenvalue weighted by molar-refractivity contribution is 6.30. The van der Waals surface area contributed by atoms with Gasteiger partial charge in [-0.3, -0.25) is 14.6 Å². The van der Waals surface area contributed by atoms with E-state index >= 15 is 0 Å². The average Bonchev–Trinajstić information content (AvgIpc) is 3.45. The van der Waals surface area contributed by atoms with E-state index in [-0.39, 0.29) is 11.8 Å². The molecular weight excluding hydrogens is 414 g/mol. The Morgan fingerprint density at radius 3 is 2.71 bits per heavy atom. The molecule has 1 aromatic carbocycles. The van der Waals surface area contributed by atoms with Crippen LogP contribution in [0.25, 0.3) is 6.08 Å². The number of nitrogens with one attached hydrogen (secondary N) is 1. The second-order valence-corrected chi connectivity index (χ2v) is 7.80. The van der Waals surface area contributed by atoms with Crippen LogP contribution in [-0.4, -0.2) is 44.3 Å². The Labute approximate surface area is 185 Å². The van der Waals surface area contributed by atoms with Gasteiger partial charge in [0.1, 0.15) is 5.69 Å². The van der Waals surface area contributed by atoms with Crippen molar-refractivity contribution in [3.63, 3.8) is 0 Å². The predicted octanol–water partition coefficient (Wildman–Crippen LogP) is 3.87. The number of hydrogen-bond acceptors (Lipinski definition) is 4. The van der Waals surface area contributed by atoms with E-state index in [1.807, 2.05) is 33.7 Å². The van der Waals surface area contributed by atoms with Crippen LogP contribution >= 0.6 is 11.6 Å². The Bertz CT molecular complexity index is 1100. The molecule has 8 heteroatoms. The van der Waals surface area contributed by atoms with Crippen LogP contribution < -0.4 is 5.32 Å². The highest BCUT2D eigenvalue weighted by Gasteiger charge is 2.20. The number of amides is 2. The minimum atomic E-state index is -0.301. The van der Waals surface area contributed by atoms with Crippen LogP contribution in [0.1, 0.15) is 34.5 Å². The van der Waals surface area contributed by atoms with Crippen molar-refractivity contribution in [1.29, 1.82) is 0 Å². The van der Waals surface area contributed by atoms with Crippen LogP contribution in [0.4, 0.5) is 5.82 Å².